The molecule has 148 valence electrons. The van der Waals surface area contributed by atoms with E-state index in [0.717, 1.165) is 0 Å². The second-order valence-corrected chi connectivity index (χ2v) is 7.74. The average molecular weight is 376 g/mol. The molecule has 8 heteroatoms. The molecule has 1 unspecified atom stereocenters. The lowest BCUT2D eigenvalue weighted by Gasteiger charge is -2.44. The van der Waals surface area contributed by atoms with Crippen LogP contribution in [0, 0.1) is 0 Å². The van der Waals surface area contributed by atoms with Crippen molar-refractivity contribution in [1.29, 1.82) is 0 Å². The number of fused-ring (bicyclic) bond motifs is 1. The molecule has 2 aliphatic rings. The Labute approximate surface area is 159 Å². The molecule has 1 aromatic heterocycles. The standard InChI is InChI=1S/C19H28N4O4/c1-5-16(25)21(4)12-17(26)22-8-6-19(7-9-22)10-14(24)18-15(27-19)11-23(20-18)13(2)3/h5,11,13-14,24H,1,6-10,12H2,2-4H3. The number of carbonyl (C=O) groups is 2. The molecule has 1 saturated heterocycles. The summed E-state index contributed by atoms with van der Waals surface area (Å²) in [5, 5.41) is 15.0. The van der Waals surface area contributed by atoms with E-state index in [1.807, 2.05) is 20.0 Å². The summed E-state index contributed by atoms with van der Waals surface area (Å²) in [7, 11) is 1.59. The first-order valence-electron chi connectivity index (χ1n) is 9.36. The molecule has 0 radical (unpaired) electrons. The number of rotatable bonds is 4. The Morgan fingerprint density at radius 2 is 2.15 bits per heavy atom. The molecule has 27 heavy (non-hydrogen) atoms. The van der Waals surface area contributed by atoms with E-state index in [-0.39, 0.29) is 24.4 Å². The Hall–Kier alpha value is -2.35. The van der Waals surface area contributed by atoms with Crippen LogP contribution in [-0.4, -0.2) is 68.8 Å². The molecule has 2 amide bonds. The largest absolute Gasteiger partial charge is 0.483 e. The Kier molecular flexibility index (Phi) is 5.28. The molecule has 0 bridgehead atoms. The average Bonchev–Trinajstić information content (AvgIpc) is 3.06. The Bertz CT molecular complexity index is 734. The molecule has 3 heterocycles. The third-order valence-electron chi connectivity index (χ3n) is 5.41. The molecule has 1 N–H and O–H groups in total. The van der Waals surface area contributed by atoms with Gasteiger partial charge in [0.25, 0.3) is 0 Å². The molecule has 1 aromatic rings. The summed E-state index contributed by atoms with van der Waals surface area (Å²) < 4.78 is 8.07. The molecule has 1 atom stereocenters. The van der Waals surface area contributed by atoms with Crippen LogP contribution in [-0.2, 0) is 9.59 Å². The highest BCUT2D eigenvalue weighted by Crippen LogP contribution is 2.44. The van der Waals surface area contributed by atoms with E-state index < -0.39 is 11.7 Å². The number of hydrogen-bond acceptors (Lipinski definition) is 5. The minimum atomic E-state index is -0.660. The number of aromatic nitrogens is 2. The van der Waals surface area contributed by atoms with Crippen molar-refractivity contribution in [2.24, 2.45) is 0 Å². The zero-order valence-electron chi connectivity index (χ0n) is 16.2. The van der Waals surface area contributed by atoms with Crippen molar-refractivity contribution in [3.8, 4) is 5.75 Å². The second kappa shape index (κ2) is 7.34. The predicted octanol–water partition coefficient (Wildman–Crippen LogP) is 1.29. The monoisotopic (exact) mass is 376 g/mol. The first-order valence-corrected chi connectivity index (χ1v) is 9.36. The molecular weight excluding hydrogens is 348 g/mol. The van der Waals surface area contributed by atoms with Gasteiger partial charge in [-0.05, 0) is 19.9 Å². The van der Waals surface area contributed by atoms with E-state index in [1.165, 1.54) is 11.0 Å². The maximum absolute atomic E-state index is 12.4. The summed E-state index contributed by atoms with van der Waals surface area (Å²) in [5.74, 6) is 0.274. The van der Waals surface area contributed by atoms with Gasteiger partial charge in [0.2, 0.25) is 11.8 Å². The highest BCUT2D eigenvalue weighted by atomic mass is 16.5. The maximum Gasteiger partial charge on any atom is 0.246 e. The summed E-state index contributed by atoms with van der Waals surface area (Å²) in [6.07, 6.45) is 4.14. The Balaban J connectivity index is 1.63. The Morgan fingerprint density at radius 3 is 2.74 bits per heavy atom. The van der Waals surface area contributed by atoms with Gasteiger partial charge in [-0.25, -0.2) is 0 Å². The van der Waals surface area contributed by atoms with Crippen LogP contribution < -0.4 is 4.74 Å². The van der Waals surface area contributed by atoms with E-state index in [0.29, 0.717) is 43.8 Å². The van der Waals surface area contributed by atoms with Crippen LogP contribution in [0.1, 0.15) is 50.9 Å². The number of likely N-dealkylation sites (N-methyl/N-ethyl adjacent to an activating group) is 1. The number of piperidine rings is 1. The predicted molar refractivity (Wildman–Crippen MR) is 99.2 cm³/mol. The summed E-state index contributed by atoms with van der Waals surface area (Å²) in [5.41, 5.74) is 0.119. The van der Waals surface area contributed by atoms with Gasteiger partial charge in [-0.1, -0.05) is 6.58 Å². The molecule has 1 fully saturated rings. The van der Waals surface area contributed by atoms with Gasteiger partial charge < -0.3 is 19.6 Å². The highest BCUT2D eigenvalue weighted by molar-refractivity contribution is 5.90. The summed E-state index contributed by atoms with van der Waals surface area (Å²) >= 11 is 0. The number of hydrogen-bond donors (Lipinski definition) is 1. The second-order valence-electron chi connectivity index (χ2n) is 7.74. The minimum Gasteiger partial charge on any atom is -0.483 e. The lowest BCUT2D eigenvalue weighted by Crippen LogP contribution is -2.53. The van der Waals surface area contributed by atoms with E-state index in [2.05, 4.69) is 11.7 Å². The first kappa shape index (κ1) is 19.4. The number of aliphatic hydroxyl groups excluding tert-OH is 1. The highest BCUT2D eigenvalue weighted by Gasteiger charge is 2.45. The van der Waals surface area contributed by atoms with Gasteiger partial charge >= 0.3 is 0 Å². The van der Waals surface area contributed by atoms with Crippen LogP contribution in [0.3, 0.4) is 0 Å². The van der Waals surface area contributed by atoms with Crippen LogP contribution in [0.5, 0.6) is 5.75 Å². The minimum absolute atomic E-state index is 0.0344. The molecule has 0 saturated carbocycles. The van der Waals surface area contributed by atoms with Gasteiger partial charge in [0.1, 0.15) is 17.4 Å². The van der Waals surface area contributed by atoms with Crippen molar-refractivity contribution in [2.45, 2.75) is 50.9 Å². The van der Waals surface area contributed by atoms with Gasteiger partial charge in [0.15, 0.2) is 5.75 Å². The fourth-order valence-corrected chi connectivity index (χ4v) is 3.69. The van der Waals surface area contributed by atoms with Gasteiger partial charge in [0, 0.05) is 45.4 Å². The Morgan fingerprint density at radius 1 is 1.48 bits per heavy atom. The molecule has 8 nitrogen and oxygen atoms in total. The van der Waals surface area contributed by atoms with Crippen LogP contribution in [0.25, 0.3) is 0 Å². The van der Waals surface area contributed by atoms with Crippen molar-refractivity contribution in [1.82, 2.24) is 19.6 Å². The molecular formula is C19H28N4O4. The first-order chi connectivity index (χ1) is 12.7. The maximum atomic E-state index is 12.4. The van der Waals surface area contributed by atoms with Gasteiger partial charge in [-0.2, -0.15) is 5.10 Å². The quantitative estimate of drug-likeness (QED) is 0.800. The number of amides is 2. The zero-order valence-corrected chi connectivity index (χ0v) is 16.2. The van der Waals surface area contributed by atoms with Gasteiger partial charge in [-0.3, -0.25) is 14.3 Å². The van der Waals surface area contributed by atoms with E-state index in [4.69, 9.17) is 4.74 Å². The van der Waals surface area contributed by atoms with Crippen LogP contribution >= 0.6 is 0 Å². The van der Waals surface area contributed by atoms with E-state index in [1.54, 1.807) is 16.6 Å². The van der Waals surface area contributed by atoms with Crippen LogP contribution in [0.4, 0.5) is 0 Å². The van der Waals surface area contributed by atoms with Crippen molar-refractivity contribution >= 4 is 11.8 Å². The number of likely N-dealkylation sites (tertiary alicyclic amines) is 1. The molecule has 2 aliphatic heterocycles. The number of ether oxygens (including phenoxy) is 1. The summed E-state index contributed by atoms with van der Waals surface area (Å²) in [4.78, 5) is 27.1. The molecule has 3 rings (SSSR count). The number of carbonyl (C=O) groups excluding carboxylic acids is 2. The lowest BCUT2D eigenvalue weighted by atomic mass is 9.83. The third kappa shape index (κ3) is 3.85. The van der Waals surface area contributed by atoms with Crippen molar-refractivity contribution in [2.75, 3.05) is 26.7 Å². The smallest absolute Gasteiger partial charge is 0.246 e. The van der Waals surface area contributed by atoms with Crippen LogP contribution in [0.2, 0.25) is 0 Å². The normalized spacial score (nSPS) is 20.9. The van der Waals surface area contributed by atoms with Gasteiger partial charge in [0.05, 0.1) is 12.7 Å². The van der Waals surface area contributed by atoms with E-state index >= 15 is 0 Å². The zero-order chi connectivity index (χ0) is 19.8. The van der Waals surface area contributed by atoms with Crippen LogP contribution in [0.15, 0.2) is 18.9 Å². The topological polar surface area (TPSA) is 87.9 Å². The van der Waals surface area contributed by atoms with E-state index in [9.17, 15) is 14.7 Å². The summed E-state index contributed by atoms with van der Waals surface area (Å²) in [6.45, 7) is 8.59. The SMILES string of the molecule is C=CC(=O)N(C)CC(=O)N1CCC2(CC1)CC(O)c1nn(C(C)C)cc1O2. The lowest BCUT2D eigenvalue weighted by molar-refractivity contribution is -0.140. The molecule has 0 aliphatic carbocycles. The van der Waals surface area contributed by atoms with Gasteiger partial charge in [-0.15, -0.1) is 0 Å². The summed E-state index contributed by atoms with van der Waals surface area (Å²) in [6, 6.07) is 0.192. The number of nitrogens with zero attached hydrogens (tertiary/aromatic N) is 4. The molecule has 0 aromatic carbocycles. The van der Waals surface area contributed by atoms with Crippen molar-refractivity contribution < 1.29 is 19.4 Å². The fourth-order valence-electron chi connectivity index (χ4n) is 3.69. The fraction of sp³-hybridized carbons (Fsp3) is 0.632. The van der Waals surface area contributed by atoms with Crippen molar-refractivity contribution in [3.05, 3.63) is 24.5 Å². The third-order valence-corrected chi connectivity index (χ3v) is 5.41. The number of aliphatic hydroxyl groups is 1. The molecule has 1 spiro atoms. The van der Waals surface area contributed by atoms with Crippen molar-refractivity contribution in [3.63, 3.8) is 0 Å².